The van der Waals surface area contributed by atoms with E-state index in [1.165, 1.54) is 0 Å². The van der Waals surface area contributed by atoms with Crippen molar-refractivity contribution in [3.05, 3.63) is 40.3 Å². The van der Waals surface area contributed by atoms with Crippen LogP contribution in [0.5, 0.6) is 0 Å². The summed E-state index contributed by atoms with van der Waals surface area (Å²) in [7, 11) is 0. The van der Waals surface area contributed by atoms with Crippen LogP contribution in [0.15, 0.2) is 28.8 Å². The van der Waals surface area contributed by atoms with Crippen molar-refractivity contribution in [3.8, 4) is 11.3 Å². The SMILES string of the molecule is CC(C)NCCCc1ncc(-c2ccc(Cl)cc2Cl)o1. The number of nitrogens with one attached hydrogen (secondary N) is 1. The van der Waals surface area contributed by atoms with Crippen LogP contribution >= 0.6 is 23.2 Å². The molecule has 0 bridgehead atoms. The van der Waals surface area contributed by atoms with E-state index < -0.39 is 0 Å². The van der Waals surface area contributed by atoms with Gasteiger partial charge in [-0.05, 0) is 31.2 Å². The second-order valence-corrected chi connectivity index (χ2v) is 5.80. The van der Waals surface area contributed by atoms with Crippen molar-refractivity contribution in [3.63, 3.8) is 0 Å². The topological polar surface area (TPSA) is 38.1 Å². The maximum absolute atomic E-state index is 6.15. The Labute approximate surface area is 129 Å². The molecule has 0 unspecified atom stereocenters. The third-order valence-electron chi connectivity index (χ3n) is 2.87. The summed E-state index contributed by atoms with van der Waals surface area (Å²) >= 11 is 12.0. The van der Waals surface area contributed by atoms with Crippen LogP contribution in [0.4, 0.5) is 0 Å². The summed E-state index contributed by atoms with van der Waals surface area (Å²) in [6.07, 6.45) is 3.51. The first kappa shape index (κ1) is 15.4. The number of rotatable bonds is 6. The average molecular weight is 313 g/mol. The molecule has 108 valence electrons. The number of aryl methyl sites for hydroxylation is 1. The zero-order valence-corrected chi connectivity index (χ0v) is 13.1. The second-order valence-electron chi connectivity index (χ2n) is 4.95. The molecule has 2 aromatic rings. The molecule has 1 aromatic carbocycles. The molecule has 0 saturated heterocycles. The molecule has 0 saturated carbocycles. The molecule has 20 heavy (non-hydrogen) atoms. The van der Waals surface area contributed by atoms with E-state index in [0.29, 0.717) is 21.8 Å². The molecule has 2 rings (SSSR count). The van der Waals surface area contributed by atoms with Crippen molar-refractivity contribution in [2.75, 3.05) is 6.54 Å². The quantitative estimate of drug-likeness (QED) is 0.793. The van der Waals surface area contributed by atoms with Crippen LogP contribution in [0.3, 0.4) is 0 Å². The molecule has 0 atom stereocenters. The largest absolute Gasteiger partial charge is 0.441 e. The Kier molecular flexibility index (Phi) is 5.46. The number of hydrogen-bond donors (Lipinski definition) is 1. The number of hydrogen-bond acceptors (Lipinski definition) is 3. The van der Waals surface area contributed by atoms with Gasteiger partial charge in [0.25, 0.3) is 0 Å². The highest BCUT2D eigenvalue weighted by molar-refractivity contribution is 6.36. The molecule has 0 aliphatic heterocycles. The molecule has 0 amide bonds. The minimum Gasteiger partial charge on any atom is -0.441 e. The lowest BCUT2D eigenvalue weighted by molar-refractivity contribution is 0.484. The third kappa shape index (κ3) is 4.23. The van der Waals surface area contributed by atoms with Crippen molar-refractivity contribution in [1.29, 1.82) is 0 Å². The van der Waals surface area contributed by atoms with Crippen LogP contribution in [-0.2, 0) is 6.42 Å². The smallest absolute Gasteiger partial charge is 0.194 e. The number of nitrogens with zero attached hydrogens (tertiary/aromatic N) is 1. The standard InChI is InChI=1S/C15H18Cl2N2O/c1-10(2)18-7-3-4-15-19-9-14(20-15)12-6-5-11(16)8-13(12)17/h5-6,8-10,18H,3-4,7H2,1-2H3. The van der Waals surface area contributed by atoms with E-state index in [1.54, 1.807) is 18.3 Å². The molecule has 0 radical (unpaired) electrons. The lowest BCUT2D eigenvalue weighted by Gasteiger charge is -2.06. The first-order chi connectivity index (χ1) is 9.56. The molecular weight excluding hydrogens is 295 g/mol. The van der Waals surface area contributed by atoms with Gasteiger partial charge in [0, 0.05) is 23.0 Å². The van der Waals surface area contributed by atoms with Crippen LogP contribution in [-0.4, -0.2) is 17.6 Å². The van der Waals surface area contributed by atoms with Gasteiger partial charge < -0.3 is 9.73 Å². The van der Waals surface area contributed by atoms with Gasteiger partial charge in [0.15, 0.2) is 11.7 Å². The summed E-state index contributed by atoms with van der Waals surface area (Å²) in [5.74, 6) is 1.41. The fraction of sp³-hybridized carbons (Fsp3) is 0.400. The van der Waals surface area contributed by atoms with Crippen LogP contribution in [0, 0.1) is 0 Å². The van der Waals surface area contributed by atoms with Crippen molar-refractivity contribution in [2.24, 2.45) is 0 Å². The fourth-order valence-corrected chi connectivity index (χ4v) is 2.37. The minimum absolute atomic E-state index is 0.503. The van der Waals surface area contributed by atoms with E-state index in [9.17, 15) is 0 Å². The molecule has 0 aliphatic carbocycles. The van der Waals surface area contributed by atoms with Crippen molar-refractivity contribution >= 4 is 23.2 Å². The third-order valence-corrected chi connectivity index (χ3v) is 3.42. The summed E-state index contributed by atoms with van der Waals surface area (Å²) in [6.45, 7) is 5.22. The Balaban J connectivity index is 1.98. The Hall–Kier alpha value is -1.03. The van der Waals surface area contributed by atoms with Gasteiger partial charge in [0.2, 0.25) is 0 Å². The van der Waals surface area contributed by atoms with Gasteiger partial charge in [-0.25, -0.2) is 4.98 Å². The summed E-state index contributed by atoms with van der Waals surface area (Å²) < 4.78 is 5.73. The monoisotopic (exact) mass is 312 g/mol. The summed E-state index contributed by atoms with van der Waals surface area (Å²) in [4.78, 5) is 4.29. The van der Waals surface area contributed by atoms with Crippen molar-refractivity contribution in [2.45, 2.75) is 32.7 Å². The van der Waals surface area contributed by atoms with Crippen molar-refractivity contribution in [1.82, 2.24) is 10.3 Å². The molecule has 3 nitrogen and oxygen atoms in total. The summed E-state index contributed by atoms with van der Waals surface area (Å²) in [5, 5.41) is 4.54. The summed E-state index contributed by atoms with van der Waals surface area (Å²) in [6, 6.07) is 5.84. The van der Waals surface area contributed by atoms with Gasteiger partial charge in [-0.3, -0.25) is 0 Å². The number of oxazole rings is 1. The summed E-state index contributed by atoms with van der Waals surface area (Å²) in [5.41, 5.74) is 0.815. The van der Waals surface area contributed by atoms with Crippen LogP contribution in [0.25, 0.3) is 11.3 Å². The van der Waals surface area contributed by atoms with Gasteiger partial charge in [0.1, 0.15) is 0 Å². The fourth-order valence-electron chi connectivity index (χ4n) is 1.87. The van der Waals surface area contributed by atoms with E-state index in [1.807, 2.05) is 6.07 Å². The molecule has 1 aromatic heterocycles. The molecule has 1 N–H and O–H groups in total. The predicted octanol–water partition coefficient (Wildman–Crippen LogP) is 4.58. The molecular formula is C15H18Cl2N2O. The average Bonchev–Trinajstić information content (AvgIpc) is 2.83. The number of benzene rings is 1. The molecule has 0 spiro atoms. The van der Waals surface area contributed by atoms with Gasteiger partial charge >= 0.3 is 0 Å². The highest BCUT2D eigenvalue weighted by Crippen LogP contribution is 2.30. The van der Waals surface area contributed by atoms with E-state index >= 15 is 0 Å². The van der Waals surface area contributed by atoms with Gasteiger partial charge in [-0.15, -0.1) is 0 Å². The molecule has 0 fully saturated rings. The maximum atomic E-state index is 6.15. The molecule has 0 aliphatic rings. The zero-order chi connectivity index (χ0) is 14.5. The van der Waals surface area contributed by atoms with E-state index in [0.717, 1.165) is 30.8 Å². The van der Waals surface area contributed by atoms with Gasteiger partial charge in [0.05, 0.1) is 11.2 Å². The van der Waals surface area contributed by atoms with Gasteiger partial charge in [-0.2, -0.15) is 0 Å². The van der Waals surface area contributed by atoms with E-state index in [4.69, 9.17) is 27.6 Å². The predicted molar refractivity (Wildman–Crippen MR) is 83.4 cm³/mol. The zero-order valence-electron chi connectivity index (χ0n) is 11.6. The van der Waals surface area contributed by atoms with E-state index in [-0.39, 0.29) is 0 Å². The lowest BCUT2D eigenvalue weighted by atomic mass is 10.2. The first-order valence-corrected chi connectivity index (χ1v) is 7.45. The second kappa shape index (κ2) is 7.11. The number of aromatic nitrogens is 1. The normalized spacial score (nSPS) is 11.2. The van der Waals surface area contributed by atoms with Crippen molar-refractivity contribution < 1.29 is 4.42 Å². The molecule has 1 heterocycles. The Bertz CT molecular complexity index is 567. The highest BCUT2D eigenvalue weighted by atomic mass is 35.5. The Morgan fingerprint density at radius 3 is 2.80 bits per heavy atom. The highest BCUT2D eigenvalue weighted by Gasteiger charge is 2.10. The first-order valence-electron chi connectivity index (χ1n) is 6.70. The maximum Gasteiger partial charge on any atom is 0.194 e. The molecule has 5 heteroatoms. The van der Waals surface area contributed by atoms with Crippen LogP contribution < -0.4 is 5.32 Å². The Morgan fingerprint density at radius 2 is 2.10 bits per heavy atom. The lowest BCUT2D eigenvalue weighted by Crippen LogP contribution is -2.23. The van der Waals surface area contributed by atoms with Gasteiger partial charge in [-0.1, -0.05) is 37.0 Å². The Morgan fingerprint density at radius 1 is 1.30 bits per heavy atom. The van der Waals surface area contributed by atoms with Crippen LogP contribution in [0.1, 0.15) is 26.2 Å². The number of halogens is 2. The van der Waals surface area contributed by atoms with Crippen LogP contribution in [0.2, 0.25) is 10.0 Å². The van der Waals surface area contributed by atoms with E-state index in [2.05, 4.69) is 24.1 Å². The minimum atomic E-state index is 0.503.